The van der Waals surface area contributed by atoms with Gasteiger partial charge in [-0.2, -0.15) is 0 Å². The summed E-state index contributed by atoms with van der Waals surface area (Å²) in [5.74, 6) is 2.56. The standard InChI is InChI=1S/C30H37NO8/c1-19-21(13-20-14-27(35-4)30(37-6)28(15-20)36-5)23-16-25(33-2)26(34-3)17-24(23)22(19)18-29(32)39-12-9-31-7-10-38-11-8-31/h13-17H,7-12,18H2,1-6H3/b21-13-. The minimum absolute atomic E-state index is 0.143. The van der Waals surface area contributed by atoms with E-state index in [4.69, 9.17) is 33.2 Å². The molecule has 9 heteroatoms. The SMILES string of the molecule is COc1cc2c(cc1OC)/C(=C\c1cc(OC)c(OC)c(OC)c1)C(C)=C2CC(=O)OCCN1CCOCC1. The van der Waals surface area contributed by atoms with Gasteiger partial charge in [0, 0.05) is 19.6 Å². The van der Waals surface area contributed by atoms with E-state index in [1.165, 1.54) is 0 Å². The third kappa shape index (κ3) is 6.15. The summed E-state index contributed by atoms with van der Waals surface area (Å²) >= 11 is 0. The lowest BCUT2D eigenvalue weighted by Crippen LogP contribution is -2.38. The number of allylic oxidation sites excluding steroid dienone is 2. The van der Waals surface area contributed by atoms with Crippen LogP contribution in [0.2, 0.25) is 0 Å². The average Bonchev–Trinajstić information content (AvgIpc) is 3.21. The predicted octanol–water partition coefficient (Wildman–Crippen LogP) is 4.32. The summed E-state index contributed by atoms with van der Waals surface area (Å²) in [6.07, 6.45) is 2.19. The van der Waals surface area contributed by atoms with Gasteiger partial charge in [-0.15, -0.1) is 0 Å². The minimum atomic E-state index is -0.271. The quantitative estimate of drug-likeness (QED) is 0.388. The fraction of sp³-hybridized carbons (Fsp3) is 0.433. The fourth-order valence-electron chi connectivity index (χ4n) is 4.99. The van der Waals surface area contributed by atoms with Gasteiger partial charge < -0.3 is 33.2 Å². The monoisotopic (exact) mass is 539 g/mol. The second-order valence-electron chi connectivity index (χ2n) is 9.22. The topological polar surface area (TPSA) is 84.9 Å². The zero-order valence-electron chi connectivity index (χ0n) is 23.5. The molecule has 0 aromatic heterocycles. The summed E-state index contributed by atoms with van der Waals surface area (Å²) in [5.41, 5.74) is 5.52. The summed E-state index contributed by atoms with van der Waals surface area (Å²) in [6, 6.07) is 7.64. The van der Waals surface area contributed by atoms with Gasteiger partial charge in [0.2, 0.25) is 5.75 Å². The fourth-order valence-corrected chi connectivity index (χ4v) is 4.99. The molecule has 1 aliphatic carbocycles. The first-order valence-electron chi connectivity index (χ1n) is 12.9. The highest BCUT2D eigenvalue weighted by atomic mass is 16.5. The van der Waals surface area contributed by atoms with Crippen LogP contribution in [0.1, 0.15) is 30.0 Å². The first kappa shape index (κ1) is 28.3. The highest BCUT2D eigenvalue weighted by molar-refractivity contribution is 6.08. The van der Waals surface area contributed by atoms with Gasteiger partial charge in [0.05, 0.1) is 55.2 Å². The molecule has 39 heavy (non-hydrogen) atoms. The second-order valence-corrected chi connectivity index (χ2v) is 9.22. The molecule has 0 atom stereocenters. The van der Waals surface area contributed by atoms with Crippen molar-refractivity contribution in [2.75, 3.05) is 75.0 Å². The van der Waals surface area contributed by atoms with Gasteiger partial charge in [-0.05, 0) is 70.7 Å². The predicted molar refractivity (Wildman–Crippen MR) is 149 cm³/mol. The molecule has 210 valence electrons. The van der Waals surface area contributed by atoms with Crippen LogP contribution in [0, 0.1) is 0 Å². The summed E-state index contributed by atoms with van der Waals surface area (Å²) in [7, 11) is 7.95. The molecule has 0 N–H and O–H groups in total. The van der Waals surface area contributed by atoms with Crippen LogP contribution in [0.3, 0.4) is 0 Å². The Labute approximate surface area is 229 Å². The van der Waals surface area contributed by atoms with Crippen molar-refractivity contribution >= 4 is 23.2 Å². The molecule has 1 fully saturated rings. The van der Waals surface area contributed by atoms with Crippen molar-refractivity contribution in [3.05, 3.63) is 46.5 Å². The van der Waals surface area contributed by atoms with E-state index in [0.29, 0.717) is 55.1 Å². The van der Waals surface area contributed by atoms with E-state index in [-0.39, 0.29) is 12.4 Å². The van der Waals surface area contributed by atoms with Crippen molar-refractivity contribution < 1.29 is 38.0 Å². The van der Waals surface area contributed by atoms with E-state index < -0.39 is 0 Å². The van der Waals surface area contributed by atoms with Crippen molar-refractivity contribution in [2.45, 2.75) is 13.3 Å². The smallest absolute Gasteiger partial charge is 0.310 e. The van der Waals surface area contributed by atoms with Crippen molar-refractivity contribution in [3.8, 4) is 28.7 Å². The molecule has 2 aromatic rings. The maximum Gasteiger partial charge on any atom is 0.310 e. The molecular weight excluding hydrogens is 502 g/mol. The van der Waals surface area contributed by atoms with Gasteiger partial charge in [0.1, 0.15) is 6.61 Å². The molecule has 2 aromatic carbocycles. The number of methoxy groups -OCH3 is 5. The number of ether oxygens (including phenoxy) is 7. The van der Waals surface area contributed by atoms with Gasteiger partial charge in [0.15, 0.2) is 23.0 Å². The van der Waals surface area contributed by atoms with Crippen molar-refractivity contribution in [1.82, 2.24) is 4.90 Å². The van der Waals surface area contributed by atoms with Crippen molar-refractivity contribution in [1.29, 1.82) is 0 Å². The molecule has 2 aliphatic rings. The van der Waals surface area contributed by atoms with E-state index in [0.717, 1.165) is 46.5 Å². The Kier molecular flexibility index (Phi) is 9.37. The highest BCUT2D eigenvalue weighted by Crippen LogP contribution is 2.48. The molecule has 0 spiro atoms. The number of rotatable bonds is 11. The van der Waals surface area contributed by atoms with E-state index in [2.05, 4.69) is 4.90 Å². The van der Waals surface area contributed by atoms with E-state index >= 15 is 0 Å². The van der Waals surface area contributed by atoms with E-state index in [9.17, 15) is 4.79 Å². The largest absolute Gasteiger partial charge is 0.493 e. The zero-order chi connectivity index (χ0) is 27.9. The van der Waals surface area contributed by atoms with Crippen LogP contribution in [-0.2, 0) is 14.3 Å². The van der Waals surface area contributed by atoms with Crippen LogP contribution in [0.4, 0.5) is 0 Å². The van der Waals surface area contributed by atoms with Crippen molar-refractivity contribution in [2.24, 2.45) is 0 Å². The normalized spacial score (nSPS) is 16.2. The first-order chi connectivity index (χ1) is 18.9. The summed E-state index contributed by atoms with van der Waals surface area (Å²) in [6.45, 7) is 6.18. The number of esters is 1. The van der Waals surface area contributed by atoms with Crippen LogP contribution >= 0.6 is 0 Å². The number of nitrogens with zero attached hydrogens (tertiary/aromatic N) is 1. The summed E-state index contributed by atoms with van der Waals surface area (Å²) < 4.78 is 38.8. The Bertz CT molecular complexity index is 1230. The molecule has 9 nitrogen and oxygen atoms in total. The maximum atomic E-state index is 13.0. The number of hydrogen-bond acceptors (Lipinski definition) is 9. The first-order valence-corrected chi connectivity index (χ1v) is 12.9. The van der Waals surface area contributed by atoms with Gasteiger partial charge in [-0.1, -0.05) is 0 Å². The Hall–Kier alpha value is -3.69. The lowest BCUT2D eigenvalue weighted by molar-refractivity contribution is -0.143. The Balaban J connectivity index is 1.68. The number of hydrogen-bond donors (Lipinski definition) is 0. The van der Waals surface area contributed by atoms with E-state index in [1.54, 1.807) is 35.5 Å². The lowest BCUT2D eigenvalue weighted by atomic mass is 9.99. The van der Waals surface area contributed by atoms with Gasteiger partial charge in [-0.25, -0.2) is 0 Å². The lowest BCUT2D eigenvalue weighted by Gasteiger charge is -2.26. The molecule has 1 heterocycles. The average molecular weight is 540 g/mol. The maximum absolute atomic E-state index is 13.0. The van der Waals surface area contributed by atoms with Crippen LogP contribution < -0.4 is 23.7 Å². The van der Waals surface area contributed by atoms with Gasteiger partial charge in [0.25, 0.3) is 0 Å². The van der Waals surface area contributed by atoms with Crippen LogP contribution in [0.25, 0.3) is 17.2 Å². The van der Waals surface area contributed by atoms with Crippen LogP contribution in [-0.4, -0.2) is 85.9 Å². The molecule has 0 amide bonds. The number of carbonyl (C=O) groups excluding carboxylic acids is 1. The zero-order valence-corrected chi connectivity index (χ0v) is 23.5. The van der Waals surface area contributed by atoms with Gasteiger partial charge in [-0.3, -0.25) is 9.69 Å². The second kappa shape index (κ2) is 12.9. The Morgan fingerprint density at radius 3 is 2.00 bits per heavy atom. The molecule has 1 saturated heterocycles. The third-order valence-corrected chi connectivity index (χ3v) is 7.09. The van der Waals surface area contributed by atoms with Crippen LogP contribution in [0.5, 0.6) is 28.7 Å². The Morgan fingerprint density at radius 2 is 1.44 bits per heavy atom. The summed E-state index contributed by atoms with van der Waals surface area (Å²) in [5, 5.41) is 0. The number of benzene rings is 2. The van der Waals surface area contributed by atoms with Gasteiger partial charge >= 0.3 is 5.97 Å². The Morgan fingerprint density at radius 1 is 0.846 bits per heavy atom. The number of fused-ring (bicyclic) bond motifs is 1. The minimum Gasteiger partial charge on any atom is -0.493 e. The molecule has 1 aliphatic heterocycles. The molecule has 0 unspecified atom stereocenters. The molecular formula is C30H37NO8. The molecule has 0 radical (unpaired) electrons. The van der Waals surface area contributed by atoms with E-state index in [1.807, 2.05) is 37.3 Å². The molecule has 0 bridgehead atoms. The molecule has 0 saturated carbocycles. The van der Waals surface area contributed by atoms with Crippen molar-refractivity contribution in [3.63, 3.8) is 0 Å². The van der Waals surface area contributed by atoms with Crippen LogP contribution in [0.15, 0.2) is 29.8 Å². The summed E-state index contributed by atoms with van der Waals surface area (Å²) in [4.78, 5) is 15.2. The number of carbonyl (C=O) groups is 1. The highest BCUT2D eigenvalue weighted by Gasteiger charge is 2.28. The molecule has 4 rings (SSSR count). The third-order valence-electron chi connectivity index (χ3n) is 7.09. The number of morpholine rings is 1.